The molecule has 1 unspecified atom stereocenters. The Morgan fingerprint density at radius 3 is 2.06 bits per heavy atom. The van der Waals surface area contributed by atoms with Crippen molar-refractivity contribution in [3.8, 4) is 0 Å². The third kappa shape index (κ3) is 3.54. The number of carbonyl (C=O) groups is 2. The molecule has 17 heavy (non-hydrogen) atoms. The molecule has 0 radical (unpaired) electrons. The lowest BCUT2D eigenvalue weighted by Gasteiger charge is -2.10. The number of hydrogen-bond donors (Lipinski definition) is 0. The fourth-order valence-electron chi connectivity index (χ4n) is 1.02. The van der Waals surface area contributed by atoms with Gasteiger partial charge < -0.3 is 0 Å². The smallest absolute Gasteiger partial charge is 0.292 e. The van der Waals surface area contributed by atoms with E-state index < -0.39 is 22.6 Å². The van der Waals surface area contributed by atoms with Crippen LogP contribution in [0.25, 0.3) is 0 Å². The molecule has 0 N–H and O–H groups in total. The van der Waals surface area contributed by atoms with Crippen molar-refractivity contribution in [2.45, 2.75) is 11.0 Å². The van der Waals surface area contributed by atoms with Crippen LogP contribution in [0.1, 0.15) is 10.4 Å². The van der Waals surface area contributed by atoms with Gasteiger partial charge in [0.15, 0.2) is 5.78 Å². The maximum atomic E-state index is 12.1. The Bertz CT molecular complexity index is 442. The Kier molecular flexibility index (Phi) is 4.32. The predicted octanol–water partition coefficient (Wildman–Crippen LogP) is 3.42. The second kappa shape index (κ2) is 5.18. The molecule has 0 saturated heterocycles. The van der Waals surface area contributed by atoms with Gasteiger partial charge >= 0.3 is 6.18 Å². The van der Waals surface area contributed by atoms with Gasteiger partial charge in [-0.15, -0.1) is 0 Å². The molecule has 1 aromatic rings. The van der Waals surface area contributed by atoms with Gasteiger partial charge in [-0.1, -0.05) is 27.5 Å². The van der Waals surface area contributed by atoms with Crippen molar-refractivity contribution < 1.29 is 22.8 Å². The molecule has 0 aliphatic heterocycles. The lowest BCUT2D eigenvalue weighted by Crippen LogP contribution is -2.35. The second-order valence-corrected chi connectivity index (χ2v) is 4.45. The quantitative estimate of drug-likeness (QED) is 0.484. The third-order valence-electron chi connectivity index (χ3n) is 1.87. The summed E-state index contributed by atoms with van der Waals surface area (Å²) in [5.41, 5.74) is -0.0196. The van der Waals surface area contributed by atoms with Crippen LogP contribution < -0.4 is 0 Å². The molecular formula is C10H5BrClF3O2. The van der Waals surface area contributed by atoms with Crippen LogP contribution >= 0.6 is 27.5 Å². The van der Waals surface area contributed by atoms with Crippen molar-refractivity contribution in [1.29, 1.82) is 0 Å². The van der Waals surface area contributed by atoms with E-state index in [1.54, 1.807) is 0 Å². The van der Waals surface area contributed by atoms with Crippen LogP contribution in [0.4, 0.5) is 13.2 Å². The van der Waals surface area contributed by atoms with Crippen LogP contribution in [0, 0.1) is 0 Å². The Labute approximate surface area is 108 Å². The highest BCUT2D eigenvalue weighted by Crippen LogP contribution is 2.24. The molecule has 0 aliphatic carbocycles. The molecule has 92 valence electrons. The first-order chi connectivity index (χ1) is 7.73. The normalized spacial score (nSPS) is 13.2. The van der Waals surface area contributed by atoms with Crippen molar-refractivity contribution >= 4 is 39.1 Å². The minimum absolute atomic E-state index is 0.0196. The standard InChI is InChI=1S/C10H5BrClF3O2/c11-7(9(17)10(13,14)15)8(16)5-1-3-6(12)4-2-5/h1-4,7H. The van der Waals surface area contributed by atoms with E-state index in [2.05, 4.69) is 15.9 Å². The summed E-state index contributed by atoms with van der Waals surface area (Å²) in [6.07, 6.45) is -5.05. The molecule has 0 saturated carbocycles. The Balaban J connectivity index is 2.91. The van der Waals surface area contributed by atoms with E-state index in [-0.39, 0.29) is 5.56 Å². The first-order valence-corrected chi connectivity index (χ1v) is 5.57. The van der Waals surface area contributed by atoms with Crippen LogP contribution in [0.5, 0.6) is 0 Å². The van der Waals surface area contributed by atoms with Gasteiger partial charge in [-0.2, -0.15) is 13.2 Å². The molecule has 1 atom stereocenters. The highest BCUT2D eigenvalue weighted by molar-refractivity contribution is 9.10. The molecule has 2 nitrogen and oxygen atoms in total. The molecular weight excluding hydrogens is 324 g/mol. The van der Waals surface area contributed by atoms with E-state index in [4.69, 9.17) is 11.6 Å². The summed E-state index contributed by atoms with van der Waals surface area (Å²) in [6, 6.07) is 5.21. The molecule has 0 aromatic heterocycles. The Morgan fingerprint density at radius 1 is 1.18 bits per heavy atom. The number of rotatable bonds is 3. The van der Waals surface area contributed by atoms with Gasteiger partial charge in [-0.05, 0) is 24.3 Å². The van der Waals surface area contributed by atoms with Crippen molar-refractivity contribution in [3.63, 3.8) is 0 Å². The van der Waals surface area contributed by atoms with Gasteiger partial charge in [0, 0.05) is 10.6 Å². The lowest BCUT2D eigenvalue weighted by atomic mass is 10.1. The van der Waals surface area contributed by atoms with Gasteiger partial charge in [-0.25, -0.2) is 0 Å². The average molecular weight is 329 g/mol. The van der Waals surface area contributed by atoms with E-state index in [0.29, 0.717) is 5.02 Å². The first-order valence-electron chi connectivity index (χ1n) is 4.28. The fraction of sp³-hybridized carbons (Fsp3) is 0.200. The molecule has 1 aromatic carbocycles. The minimum Gasteiger partial charge on any atom is -0.292 e. The highest BCUT2D eigenvalue weighted by Gasteiger charge is 2.45. The van der Waals surface area contributed by atoms with Gasteiger partial charge in [0.05, 0.1) is 0 Å². The maximum Gasteiger partial charge on any atom is 0.451 e. The molecule has 1 rings (SSSR count). The number of alkyl halides is 4. The van der Waals surface area contributed by atoms with Gasteiger partial charge in [-0.3, -0.25) is 9.59 Å². The topological polar surface area (TPSA) is 34.1 Å². The minimum atomic E-state index is -5.05. The number of halogens is 5. The Hall–Kier alpha value is -0.880. The monoisotopic (exact) mass is 328 g/mol. The van der Waals surface area contributed by atoms with Crippen LogP contribution in [0.3, 0.4) is 0 Å². The number of hydrogen-bond acceptors (Lipinski definition) is 2. The number of Topliss-reactive ketones (excluding diaryl/α,β-unsaturated/α-hetero) is 2. The van der Waals surface area contributed by atoms with Crippen LogP contribution in [0.15, 0.2) is 24.3 Å². The molecule has 0 spiro atoms. The van der Waals surface area contributed by atoms with Gasteiger partial charge in [0.1, 0.15) is 4.83 Å². The lowest BCUT2D eigenvalue weighted by molar-refractivity contribution is -0.169. The maximum absolute atomic E-state index is 12.1. The first kappa shape index (κ1) is 14.2. The van der Waals surface area contributed by atoms with E-state index in [9.17, 15) is 22.8 Å². The molecule has 0 fully saturated rings. The van der Waals surface area contributed by atoms with E-state index in [1.807, 2.05) is 0 Å². The third-order valence-corrected chi connectivity index (χ3v) is 2.95. The average Bonchev–Trinajstić information content (AvgIpc) is 2.26. The molecule has 0 amide bonds. The van der Waals surface area contributed by atoms with Crippen molar-refractivity contribution in [2.75, 3.05) is 0 Å². The summed E-state index contributed by atoms with van der Waals surface area (Å²) >= 11 is 8.01. The SMILES string of the molecule is O=C(c1ccc(Cl)cc1)C(Br)C(=O)C(F)(F)F. The molecule has 0 bridgehead atoms. The van der Waals surface area contributed by atoms with Crippen molar-refractivity contribution in [1.82, 2.24) is 0 Å². The highest BCUT2D eigenvalue weighted by atomic mass is 79.9. The zero-order chi connectivity index (χ0) is 13.2. The largest absolute Gasteiger partial charge is 0.451 e. The summed E-state index contributed by atoms with van der Waals surface area (Å²) in [4.78, 5) is 20.4. The van der Waals surface area contributed by atoms with E-state index in [0.717, 1.165) is 0 Å². The molecule has 0 heterocycles. The second-order valence-electron chi connectivity index (χ2n) is 3.10. The summed E-state index contributed by atoms with van der Waals surface area (Å²) in [5, 5.41) is 0.342. The van der Waals surface area contributed by atoms with E-state index >= 15 is 0 Å². The summed E-state index contributed by atoms with van der Waals surface area (Å²) in [5.74, 6) is -3.08. The zero-order valence-corrected chi connectivity index (χ0v) is 10.4. The summed E-state index contributed by atoms with van der Waals surface area (Å²) < 4.78 is 36.3. The molecule has 0 aliphatic rings. The van der Waals surface area contributed by atoms with Crippen LogP contribution in [-0.4, -0.2) is 22.6 Å². The number of ketones is 2. The predicted molar refractivity (Wildman–Crippen MR) is 59.6 cm³/mol. The summed E-state index contributed by atoms with van der Waals surface area (Å²) in [6.45, 7) is 0. The number of benzene rings is 1. The van der Waals surface area contributed by atoms with Gasteiger partial charge in [0.25, 0.3) is 5.78 Å². The summed E-state index contributed by atoms with van der Waals surface area (Å²) in [7, 11) is 0. The van der Waals surface area contributed by atoms with Crippen LogP contribution in [-0.2, 0) is 4.79 Å². The van der Waals surface area contributed by atoms with Crippen LogP contribution in [0.2, 0.25) is 5.02 Å². The van der Waals surface area contributed by atoms with Gasteiger partial charge in [0.2, 0.25) is 0 Å². The van der Waals surface area contributed by atoms with Crippen molar-refractivity contribution in [3.05, 3.63) is 34.9 Å². The molecule has 7 heteroatoms. The Morgan fingerprint density at radius 2 is 1.65 bits per heavy atom. The zero-order valence-electron chi connectivity index (χ0n) is 8.09. The number of carbonyl (C=O) groups excluding carboxylic acids is 2. The fourth-order valence-corrected chi connectivity index (χ4v) is 1.67. The van der Waals surface area contributed by atoms with Crippen molar-refractivity contribution in [2.24, 2.45) is 0 Å². The van der Waals surface area contributed by atoms with E-state index in [1.165, 1.54) is 24.3 Å².